The minimum atomic E-state index is -4.69. The predicted octanol–water partition coefficient (Wildman–Crippen LogP) is 7.09. The summed E-state index contributed by atoms with van der Waals surface area (Å²) in [6, 6.07) is 13.4. The molecule has 1 aliphatic heterocycles. The Hall–Kier alpha value is -3.67. The number of alkyl halides is 4. The van der Waals surface area contributed by atoms with Crippen molar-refractivity contribution in [2.75, 3.05) is 0 Å². The van der Waals surface area contributed by atoms with Crippen LogP contribution in [0, 0.1) is 0 Å². The van der Waals surface area contributed by atoms with E-state index in [1.807, 2.05) is 30.3 Å². The Bertz CT molecular complexity index is 1300. The van der Waals surface area contributed by atoms with Crippen LogP contribution in [0.4, 0.5) is 27.2 Å². The van der Waals surface area contributed by atoms with Crippen LogP contribution in [0.15, 0.2) is 60.0 Å². The Balaban J connectivity index is 1.66. The fourth-order valence-electron chi connectivity index (χ4n) is 3.80. The molecule has 0 saturated carbocycles. The van der Waals surface area contributed by atoms with Gasteiger partial charge >= 0.3 is 24.7 Å². The van der Waals surface area contributed by atoms with Crippen molar-refractivity contribution in [2.24, 2.45) is 0 Å². The Morgan fingerprint density at radius 3 is 2.50 bits per heavy atom. The number of thiazole rings is 1. The highest BCUT2D eigenvalue weighted by atomic mass is 32.1. The maximum absolute atomic E-state index is 13.5. The van der Waals surface area contributed by atoms with Crippen molar-refractivity contribution in [1.29, 1.82) is 0 Å². The van der Waals surface area contributed by atoms with Gasteiger partial charge in [0.15, 0.2) is 6.10 Å². The topological polar surface area (TPSA) is 78.0 Å². The molecule has 2 unspecified atom stereocenters. The number of hydrogen-bond acceptors (Lipinski definition) is 7. The van der Waals surface area contributed by atoms with Gasteiger partial charge in [0.25, 0.3) is 0 Å². The van der Waals surface area contributed by atoms with Crippen molar-refractivity contribution in [2.45, 2.75) is 57.5 Å². The first-order valence-corrected chi connectivity index (χ1v) is 12.4. The molecule has 38 heavy (non-hydrogen) atoms. The average Bonchev–Trinajstić information content (AvgIpc) is 3.43. The number of imide groups is 1. The van der Waals surface area contributed by atoms with Crippen LogP contribution >= 0.6 is 11.3 Å². The molecule has 0 spiro atoms. The van der Waals surface area contributed by atoms with E-state index in [-0.39, 0.29) is 6.42 Å². The minimum Gasteiger partial charge on any atom is -0.443 e. The molecule has 1 aromatic heterocycles. The Labute approximate surface area is 219 Å². The van der Waals surface area contributed by atoms with Gasteiger partial charge in [0.05, 0.1) is 11.7 Å². The van der Waals surface area contributed by atoms with Crippen LogP contribution in [0.5, 0.6) is 5.75 Å². The molecule has 1 fully saturated rings. The summed E-state index contributed by atoms with van der Waals surface area (Å²) in [6.45, 7) is 4.90. The van der Waals surface area contributed by atoms with E-state index in [1.54, 1.807) is 26.2 Å². The molecule has 3 aromatic rings. The van der Waals surface area contributed by atoms with Gasteiger partial charge in [-0.3, -0.25) is 0 Å². The van der Waals surface area contributed by atoms with Gasteiger partial charge in [-0.15, -0.1) is 11.3 Å². The van der Waals surface area contributed by atoms with Crippen LogP contribution in [-0.2, 0) is 15.9 Å². The first kappa shape index (κ1) is 27.4. The highest BCUT2D eigenvalue weighted by molar-refractivity contribution is 7.13. The van der Waals surface area contributed by atoms with Crippen molar-refractivity contribution in [1.82, 2.24) is 9.88 Å². The number of aromatic nitrogens is 1. The molecule has 2 atom stereocenters. The fourth-order valence-corrected chi connectivity index (χ4v) is 4.65. The summed E-state index contributed by atoms with van der Waals surface area (Å²) >= 11 is 1.32. The molecule has 202 valence electrons. The Morgan fingerprint density at radius 2 is 1.84 bits per heavy atom. The molecule has 12 heteroatoms. The number of amides is 2. The summed E-state index contributed by atoms with van der Waals surface area (Å²) in [5, 5.41) is 2.37. The molecule has 0 N–H and O–H groups in total. The third kappa shape index (κ3) is 6.24. The molecule has 0 radical (unpaired) electrons. The van der Waals surface area contributed by atoms with Gasteiger partial charge in [-0.05, 0) is 44.9 Å². The summed E-state index contributed by atoms with van der Waals surface area (Å²) in [6.07, 6.45) is -11.7. The van der Waals surface area contributed by atoms with Gasteiger partial charge in [-0.1, -0.05) is 42.5 Å². The summed E-state index contributed by atoms with van der Waals surface area (Å²) in [5.41, 5.74) is 0.636. The lowest BCUT2D eigenvalue weighted by Gasteiger charge is -2.26. The van der Waals surface area contributed by atoms with Crippen molar-refractivity contribution >= 4 is 23.5 Å². The second-order valence-corrected chi connectivity index (χ2v) is 10.3. The largest absolute Gasteiger partial charge is 0.461 e. The average molecular weight is 553 g/mol. The smallest absolute Gasteiger partial charge is 0.443 e. The zero-order valence-corrected chi connectivity index (χ0v) is 21.4. The summed E-state index contributed by atoms with van der Waals surface area (Å²) in [4.78, 5) is 31.3. The van der Waals surface area contributed by atoms with E-state index in [0.29, 0.717) is 16.3 Å². The third-order valence-electron chi connectivity index (χ3n) is 5.38. The molecule has 7 nitrogen and oxygen atoms in total. The first-order chi connectivity index (χ1) is 17.8. The maximum atomic E-state index is 13.5. The van der Waals surface area contributed by atoms with Gasteiger partial charge in [0.1, 0.15) is 16.4 Å². The molecule has 0 bridgehead atoms. The van der Waals surface area contributed by atoms with Crippen LogP contribution in [0.25, 0.3) is 10.6 Å². The minimum absolute atomic E-state index is 0.0781. The van der Waals surface area contributed by atoms with Gasteiger partial charge in [-0.25, -0.2) is 19.5 Å². The van der Waals surface area contributed by atoms with E-state index in [1.165, 1.54) is 23.5 Å². The molecular formula is C26H24F4N2O5S. The summed E-state index contributed by atoms with van der Waals surface area (Å²) in [7, 11) is 0. The second-order valence-electron chi connectivity index (χ2n) is 9.48. The number of benzene rings is 2. The molecule has 1 aliphatic rings. The van der Waals surface area contributed by atoms with Crippen LogP contribution in [0.2, 0.25) is 0 Å². The highest BCUT2D eigenvalue weighted by Gasteiger charge is 2.49. The quantitative estimate of drug-likeness (QED) is 0.291. The predicted molar refractivity (Wildman–Crippen MR) is 130 cm³/mol. The first-order valence-electron chi connectivity index (χ1n) is 11.5. The van der Waals surface area contributed by atoms with Gasteiger partial charge in [0, 0.05) is 10.9 Å². The molecule has 4 rings (SSSR count). The number of carbonyl (C=O) groups excluding carboxylic acids is 2. The van der Waals surface area contributed by atoms with Crippen LogP contribution in [0.3, 0.4) is 0 Å². The van der Waals surface area contributed by atoms with Gasteiger partial charge in [-0.2, -0.15) is 17.6 Å². The van der Waals surface area contributed by atoms with E-state index in [0.717, 1.165) is 22.6 Å². The molecular weight excluding hydrogens is 528 g/mol. The highest BCUT2D eigenvalue weighted by Crippen LogP contribution is 2.38. The monoisotopic (exact) mass is 552 g/mol. The van der Waals surface area contributed by atoms with E-state index < -0.39 is 48.2 Å². The maximum Gasteiger partial charge on any atom is 0.461 e. The lowest BCUT2D eigenvalue weighted by Crippen LogP contribution is -2.43. The second kappa shape index (κ2) is 10.6. The van der Waals surface area contributed by atoms with E-state index >= 15 is 0 Å². The van der Waals surface area contributed by atoms with E-state index in [9.17, 15) is 27.2 Å². The number of halogens is 4. The zero-order valence-electron chi connectivity index (χ0n) is 20.6. The van der Waals surface area contributed by atoms with Crippen molar-refractivity contribution < 1.29 is 41.4 Å². The summed E-state index contributed by atoms with van der Waals surface area (Å²) in [5.74, 6) is -0.501. The fraction of sp³-hybridized carbons (Fsp3) is 0.346. The van der Waals surface area contributed by atoms with Gasteiger partial charge < -0.3 is 14.2 Å². The Kier molecular flexibility index (Phi) is 7.63. The van der Waals surface area contributed by atoms with Crippen LogP contribution < -0.4 is 4.74 Å². The summed E-state index contributed by atoms with van der Waals surface area (Å²) < 4.78 is 67.3. The van der Waals surface area contributed by atoms with Crippen LogP contribution in [-0.4, -0.2) is 46.2 Å². The number of cyclic esters (lactones) is 1. The van der Waals surface area contributed by atoms with Crippen molar-refractivity contribution in [3.05, 3.63) is 71.2 Å². The molecule has 0 aliphatic carbocycles. The zero-order chi connectivity index (χ0) is 27.7. The van der Waals surface area contributed by atoms with Crippen molar-refractivity contribution in [3.63, 3.8) is 0 Å². The standard InChI is InChI=1S/C26H24F4N2O5S/c1-25(2,3)37-24(34)32-19(13-15-8-7-11-17(12-15)36-26(29,30)22(27)28)20(35-23(32)33)18-14-38-21(31-18)16-9-5-4-6-10-16/h4-12,14,19-20,22H,13H2,1-3H3. The molecule has 2 aromatic carbocycles. The number of rotatable bonds is 7. The van der Waals surface area contributed by atoms with Gasteiger partial charge in [0.2, 0.25) is 0 Å². The van der Waals surface area contributed by atoms with Crippen molar-refractivity contribution in [3.8, 4) is 16.3 Å². The van der Waals surface area contributed by atoms with E-state index in [4.69, 9.17) is 9.47 Å². The van der Waals surface area contributed by atoms with E-state index in [2.05, 4.69) is 9.72 Å². The number of ether oxygens (including phenoxy) is 3. The molecule has 2 amide bonds. The lowest BCUT2D eigenvalue weighted by atomic mass is 9.99. The Morgan fingerprint density at radius 1 is 1.13 bits per heavy atom. The number of hydrogen-bond donors (Lipinski definition) is 0. The molecule has 1 saturated heterocycles. The lowest BCUT2D eigenvalue weighted by molar-refractivity contribution is -0.253. The third-order valence-corrected chi connectivity index (χ3v) is 6.29. The number of nitrogens with zero attached hydrogens (tertiary/aromatic N) is 2. The SMILES string of the molecule is CC(C)(C)OC(=O)N1C(=O)OC(c2csc(-c3ccccc3)n2)C1Cc1cccc(OC(F)(F)C(F)F)c1. The number of carbonyl (C=O) groups is 2. The van der Waals surface area contributed by atoms with Crippen LogP contribution in [0.1, 0.15) is 38.1 Å². The molecule has 2 heterocycles. The normalized spacial score (nSPS) is 18.0.